The van der Waals surface area contributed by atoms with Crippen LogP contribution in [0.1, 0.15) is 20.3 Å². The maximum absolute atomic E-state index is 12.1. The third-order valence-corrected chi connectivity index (χ3v) is 3.63. The number of carbonyl (C=O) groups excluding carboxylic acids is 1. The van der Waals surface area contributed by atoms with Gasteiger partial charge in [0.05, 0.1) is 6.61 Å². The van der Waals surface area contributed by atoms with Crippen molar-refractivity contribution >= 4 is 5.91 Å². The van der Waals surface area contributed by atoms with Crippen molar-refractivity contribution in [3.63, 3.8) is 0 Å². The summed E-state index contributed by atoms with van der Waals surface area (Å²) < 4.78 is 5.48. The van der Waals surface area contributed by atoms with E-state index in [1.165, 1.54) is 0 Å². The van der Waals surface area contributed by atoms with E-state index >= 15 is 0 Å². The highest BCUT2D eigenvalue weighted by atomic mass is 16.5. The van der Waals surface area contributed by atoms with Crippen molar-refractivity contribution in [1.82, 2.24) is 10.2 Å². The predicted octanol–water partition coefficient (Wildman–Crippen LogP) is 0.232. The Morgan fingerprint density at radius 3 is 2.80 bits per heavy atom. The van der Waals surface area contributed by atoms with Gasteiger partial charge in [0, 0.05) is 25.7 Å². The van der Waals surface area contributed by atoms with Crippen LogP contribution in [0.2, 0.25) is 0 Å². The molecule has 2 unspecified atom stereocenters. The van der Waals surface area contributed by atoms with Gasteiger partial charge in [-0.1, -0.05) is 6.92 Å². The number of ether oxygens (including phenoxy) is 1. The second-order valence-electron chi connectivity index (χ2n) is 4.60. The van der Waals surface area contributed by atoms with Crippen molar-refractivity contribution in [3.8, 4) is 0 Å². The number of carbonyl (C=O) groups is 1. The molecule has 0 radical (unpaired) electrons. The van der Waals surface area contributed by atoms with Gasteiger partial charge in [0.2, 0.25) is 0 Å². The molecule has 2 saturated heterocycles. The predicted molar refractivity (Wildman–Crippen MR) is 57.6 cm³/mol. The van der Waals surface area contributed by atoms with Crippen molar-refractivity contribution in [2.75, 3.05) is 26.2 Å². The Labute approximate surface area is 91.0 Å². The SMILES string of the molecule is CC1CCN(C(=O)[C@@H]2CNCCO2)C1C. The van der Waals surface area contributed by atoms with Crippen LogP contribution < -0.4 is 5.32 Å². The summed E-state index contributed by atoms with van der Waals surface area (Å²) in [4.78, 5) is 14.1. The first-order valence-electron chi connectivity index (χ1n) is 5.83. The lowest BCUT2D eigenvalue weighted by Crippen LogP contribution is -2.50. The van der Waals surface area contributed by atoms with Crippen molar-refractivity contribution in [1.29, 1.82) is 0 Å². The van der Waals surface area contributed by atoms with Gasteiger partial charge in [-0.05, 0) is 19.3 Å². The molecule has 2 aliphatic rings. The average molecular weight is 212 g/mol. The number of nitrogens with one attached hydrogen (secondary N) is 1. The van der Waals surface area contributed by atoms with Gasteiger partial charge in [0.1, 0.15) is 6.10 Å². The van der Waals surface area contributed by atoms with Crippen LogP contribution in [0.5, 0.6) is 0 Å². The summed E-state index contributed by atoms with van der Waals surface area (Å²) in [6, 6.07) is 0.364. The van der Waals surface area contributed by atoms with E-state index in [-0.39, 0.29) is 12.0 Å². The number of hydrogen-bond donors (Lipinski definition) is 1. The lowest BCUT2D eigenvalue weighted by Gasteiger charge is -2.30. The molecule has 2 fully saturated rings. The zero-order valence-corrected chi connectivity index (χ0v) is 9.53. The summed E-state index contributed by atoms with van der Waals surface area (Å²) in [5, 5.41) is 3.19. The van der Waals surface area contributed by atoms with Gasteiger partial charge in [0.25, 0.3) is 5.91 Å². The van der Waals surface area contributed by atoms with E-state index in [1.807, 2.05) is 4.90 Å². The molecule has 2 heterocycles. The molecule has 0 spiro atoms. The Morgan fingerprint density at radius 2 is 2.27 bits per heavy atom. The molecule has 4 nitrogen and oxygen atoms in total. The first kappa shape index (κ1) is 10.9. The molecule has 86 valence electrons. The minimum Gasteiger partial charge on any atom is -0.366 e. The second kappa shape index (κ2) is 4.49. The minimum atomic E-state index is -0.258. The molecule has 0 aromatic carbocycles. The molecule has 1 amide bonds. The standard InChI is InChI=1S/C11H20N2O2/c1-8-3-5-13(9(8)2)11(14)10-7-12-4-6-15-10/h8-10,12H,3-7H2,1-2H3/t8?,9?,10-/m0/s1. The van der Waals surface area contributed by atoms with Crippen LogP contribution in [0, 0.1) is 5.92 Å². The number of hydrogen-bond acceptors (Lipinski definition) is 3. The molecule has 1 N–H and O–H groups in total. The Hall–Kier alpha value is -0.610. The zero-order chi connectivity index (χ0) is 10.8. The lowest BCUT2D eigenvalue weighted by molar-refractivity contribution is -0.146. The molecule has 0 aromatic rings. The number of rotatable bonds is 1. The maximum atomic E-state index is 12.1. The summed E-state index contributed by atoms with van der Waals surface area (Å²) in [6.07, 6.45) is 0.860. The number of amides is 1. The first-order valence-corrected chi connectivity index (χ1v) is 5.83. The fourth-order valence-electron chi connectivity index (χ4n) is 2.31. The average Bonchev–Trinajstić information content (AvgIpc) is 2.60. The summed E-state index contributed by atoms with van der Waals surface area (Å²) in [5.41, 5.74) is 0. The van der Waals surface area contributed by atoms with E-state index < -0.39 is 0 Å². The van der Waals surface area contributed by atoms with Gasteiger partial charge in [-0.2, -0.15) is 0 Å². The normalized spacial score (nSPS) is 36.9. The van der Waals surface area contributed by atoms with Gasteiger partial charge >= 0.3 is 0 Å². The van der Waals surface area contributed by atoms with Crippen LogP contribution in [0.15, 0.2) is 0 Å². The van der Waals surface area contributed by atoms with E-state index in [9.17, 15) is 4.79 Å². The molecule has 0 bridgehead atoms. The van der Waals surface area contributed by atoms with Crippen LogP contribution in [0.25, 0.3) is 0 Å². The van der Waals surface area contributed by atoms with Crippen LogP contribution in [0.3, 0.4) is 0 Å². The lowest BCUT2D eigenvalue weighted by atomic mass is 10.1. The maximum Gasteiger partial charge on any atom is 0.253 e. The van der Waals surface area contributed by atoms with Crippen LogP contribution in [0.4, 0.5) is 0 Å². The Kier molecular flexibility index (Phi) is 3.26. The summed E-state index contributed by atoms with van der Waals surface area (Å²) >= 11 is 0. The number of likely N-dealkylation sites (tertiary alicyclic amines) is 1. The smallest absolute Gasteiger partial charge is 0.253 e. The van der Waals surface area contributed by atoms with Crippen LogP contribution >= 0.6 is 0 Å². The minimum absolute atomic E-state index is 0.166. The Morgan fingerprint density at radius 1 is 1.47 bits per heavy atom. The summed E-state index contributed by atoms with van der Waals surface area (Å²) in [5.74, 6) is 0.782. The van der Waals surface area contributed by atoms with Gasteiger partial charge in [0.15, 0.2) is 0 Å². The fourth-order valence-corrected chi connectivity index (χ4v) is 2.31. The molecule has 2 aliphatic heterocycles. The fraction of sp³-hybridized carbons (Fsp3) is 0.909. The Balaban J connectivity index is 1.95. The molecule has 15 heavy (non-hydrogen) atoms. The number of morpholine rings is 1. The van der Waals surface area contributed by atoms with Crippen LogP contribution in [-0.2, 0) is 9.53 Å². The highest BCUT2D eigenvalue weighted by molar-refractivity contribution is 5.82. The van der Waals surface area contributed by atoms with Crippen LogP contribution in [-0.4, -0.2) is 49.2 Å². The number of nitrogens with zero attached hydrogens (tertiary/aromatic N) is 1. The van der Waals surface area contributed by atoms with E-state index in [0.29, 0.717) is 25.1 Å². The Bertz CT molecular complexity index is 239. The summed E-state index contributed by atoms with van der Waals surface area (Å²) in [6.45, 7) is 7.39. The van der Waals surface area contributed by atoms with Crippen molar-refractivity contribution in [3.05, 3.63) is 0 Å². The van der Waals surface area contributed by atoms with E-state index in [2.05, 4.69) is 19.2 Å². The second-order valence-corrected chi connectivity index (χ2v) is 4.60. The molecular weight excluding hydrogens is 192 g/mol. The third kappa shape index (κ3) is 2.16. The van der Waals surface area contributed by atoms with Gasteiger partial charge < -0.3 is 15.0 Å². The highest BCUT2D eigenvalue weighted by Gasteiger charge is 2.35. The van der Waals surface area contributed by atoms with Gasteiger partial charge in [-0.15, -0.1) is 0 Å². The van der Waals surface area contributed by atoms with E-state index in [0.717, 1.165) is 19.5 Å². The molecule has 2 rings (SSSR count). The van der Waals surface area contributed by atoms with Crippen molar-refractivity contribution < 1.29 is 9.53 Å². The molecule has 0 aromatic heterocycles. The zero-order valence-electron chi connectivity index (χ0n) is 9.53. The monoisotopic (exact) mass is 212 g/mol. The topological polar surface area (TPSA) is 41.6 Å². The molecule has 0 saturated carbocycles. The largest absolute Gasteiger partial charge is 0.366 e. The molecule has 0 aliphatic carbocycles. The van der Waals surface area contributed by atoms with Gasteiger partial charge in [-0.25, -0.2) is 0 Å². The summed E-state index contributed by atoms with van der Waals surface area (Å²) in [7, 11) is 0. The quantitative estimate of drug-likeness (QED) is 0.676. The molecule has 4 heteroatoms. The molecular formula is C11H20N2O2. The van der Waals surface area contributed by atoms with Crippen molar-refractivity contribution in [2.45, 2.75) is 32.4 Å². The van der Waals surface area contributed by atoms with Crippen molar-refractivity contribution in [2.24, 2.45) is 5.92 Å². The first-order chi connectivity index (χ1) is 7.20. The third-order valence-electron chi connectivity index (χ3n) is 3.63. The van der Waals surface area contributed by atoms with Gasteiger partial charge in [-0.3, -0.25) is 4.79 Å². The highest BCUT2D eigenvalue weighted by Crippen LogP contribution is 2.24. The molecule has 3 atom stereocenters. The van der Waals surface area contributed by atoms with E-state index in [1.54, 1.807) is 0 Å². The van der Waals surface area contributed by atoms with E-state index in [4.69, 9.17) is 4.74 Å².